The van der Waals surface area contributed by atoms with Crippen molar-refractivity contribution in [3.63, 3.8) is 0 Å². The van der Waals surface area contributed by atoms with Crippen LogP contribution in [-0.2, 0) is 11.3 Å². The average molecular weight is 354 g/mol. The average Bonchev–Trinajstić information content (AvgIpc) is 2.63. The fourth-order valence-electron chi connectivity index (χ4n) is 2.70. The molecule has 1 aliphatic heterocycles. The summed E-state index contributed by atoms with van der Waals surface area (Å²) in [5.41, 5.74) is 0.392. The van der Waals surface area contributed by atoms with Gasteiger partial charge in [0, 0.05) is 31.1 Å². The quantitative estimate of drug-likeness (QED) is 0.472. The molecule has 1 N–H and O–H groups in total. The van der Waals surface area contributed by atoms with Crippen molar-refractivity contribution in [1.82, 2.24) is 15.1 Å². The third-order valence-corrected chi connectivity index (χ3v) is 3.89. The van der Waals surface area contributed by atoms with E-state index in [4.69, 9.17) is 5.26 Å². The standard InChI is InChI=1S/C18H22N6O2/c1-14(10-15(11-19)12-20-2)21-17(25)13-24-18(26)7-6-16(22-24)23-8-4-3-5-9-23/h6-7,10,12H,2-5,8-9,13H2,1H3,(H,21,25)/b14-10+,15-12+. The predicted molar refractivity (Wildman–Crippen MR) is 99.7 cm³/mol. The number of nitrogens with one attached hydrogen (secondary N) is 1. The Morgan fingerprint density at radius 1 is 1.42 bits per heavy atom. The van der Waals surface area contributed by atoms with Crippen LogP contribution in [0.1, 0.15) is 26.2 Å². The Labute approximate surface area is 152 Å². The number of hydrogen-bond donors (Lipinski definition) is 1. The summed E-state index contributed by atoms with van der Waals surface area (Å²) in [7, 11) is 0. The summed E-state index contributed by atoms with van der Waals surface area (Å²) in [5.74, 6) is 0.309. The van der Waals surface area contributed by atoms with Crippen LogP contribution in [0.3, 0.4) is 0 Å². The highest BCUT2D eigenvalue weighted by Gasteiger charge is 2.14. The zero-order chi connectivity index (χ0) is 18.9. The third kappa shape index (κ3) is 5.41. The lowest BCUT2D eigenvalue weighted by Gasteiger charge is -2.27. The predicted octanol–water partition coefficient (Wildman–Crippen LogP) is 1.36. The molecule has 0 aromatic carbocycles. The molecule has 1 amide bonds. The maximum atomic E-state index is 12.2. The van der Waals surface area contributed by atoms with Crippen molar-refractivity contribution in [1.29, 1.82) is 5.26 Å². The number of carbonyl (C=O) groups is 1. The van der Waals surface area contributed by atoms with Gasteiger partial charge < -0.3 is 10.2 Å². The Kier molecular flexibility index (Phi) is 6.85. The van der Waals surface area contributed by atoms with Gasteiger partial charge in [0.2, 0.25) is 5.91 Å². The number of allylic oxidation sites excluding steroid dienone is 3. The van der Waals surface area contributed by atoms with E-state index in [0.29, 0.717) is 11.5 Å². The van der Waals surface area contributed by atoms with Gasteiger partial charge in [0.15, 0.2) is 0 Å². The van der Waals surface area contributed by atoms with E-state index in [1.54, 1.807) is 13.0 Å². The molecule has 8 heteroatoms. The Balaban J connectivity index is 2.07. The lowest BCUT2D eigenvalue weighted by Crippen LogP contribution is -2.36. The molecule has 0 spiro atoms. The van der Waals surface area contributed by atoms with Gasteiger partial charge in [-0.1, -0.05) is 0 Å². The smallest absolute Gasteiger partial charge is 0.267 e. The van der Waals surface area contributed by atoms with E-state index in [0.717, 1.165) is 30.6 Å². The van der Waals surface area contributed by atoms with Gasteiger partial charge in [-0.3, -0.25) is 14.6 Å². The van der Waals surface area contributed by atoms with Crippen molar-refractivity contribution in [2.45, 2.75) is 32.7 Å². The minimum atomic E-state index is -0.395. The first kappa shape index (κ1) is 19.1. The molecule has 0 atom stereocenters. The molecule has 1 aliphatic rings. The van der Waals surface area contributed by atoms with Crippen molar-refractivity contribution in [2.24, 2.45) is 4.99 Å². The van der Waals surface area contributed by atoms with Crippen LogP contribution in [0.25, 0.3) is 0 Å². The highest BCUT2D eigenvalue weighted by molar-refractivity contribution is 5.77. The Morgan fingerprint density at radius 2 is 2.15 bits per heavy atom. The third-order valence-electron chi connectivity index (χ3n) is 3.89. The molecule has 136 valence electrons. The lowest BCUT2D eigenvalue weighted by molar-refractivity contribution is -0.121. The fourth-order valence-corrected chi connectivity index (χ4v) is 2.70. The maximum absolute atomic E-state index is 12.2. The van der Waals surface area contributed by atoms with Gasteiger partial charge in [-0.2, -0.15) is 10.4 Å². The molecule has 26 heavy (non-hydrogen) atoms. The van der Waals surface area contributed by atoms with E-state index < -0.39 is 5.91 Å². The molecular weight excluding hydrogens is 332 g/mol. The highest BCUT2D eigenvalue weighted by atomic mass is 16.2. The highest BCUT2D eigenvalue weighted by Crippen LogP contribution is 2.15. The molecule has 2 heterocycles. The van der Waals surface area contributed by atoms with E-state index in [1.165, 1.54) is 24.8 Å². The molecule has 0 unspecified atom stereocenters. The molecule has 1 fully saturated rings. The topological polar surface area (TPSA) is 103 Å². The van der Waals surface area contributed by atoms with E-state index in [1.807, 2.05) is 6.07 Å². The van der Waals surface area contributed by atoms with Crippen molar-refractivity contribution in [3.8, 4) is 6.07 Å². The van der Waals surface area contributed by atoms with Gasteiger partial charge in [0.05, 0.1) is 5.57 Å². The molecule has 1 saturated heterocycles. The van der Waals surface area contributed by atoms with Crippen molar-refractivity contribution in [2.75, 3.05) is 18.0 Å². The summed E-state index contributed by atoms with van der Waals surface area (Å²) in [6.45, 7) is 6.54. The monoisotopic (exact) mass is 354 g/mol. The van der Waals surface area contributed by atoms with Crippen LogP contribution in [-0.4, -0.2) is 35.5 Å². The van der Waals surface area contributed by atoms with E-state index in [-0.39, 0.29) is 17.7 Å². The number of piperidine rings is 1. The minimum Gasteiger partial charge on any atom is -0.355 e. The van der Waals surface area contributed by atoms with Gasteiger partial charge in [-0.25, -0.2) is 4.68 Å². The van der Waals surface area contributed by atoms with Crippen LogP contribution in [0.2, 0.25) is 0 Å². The number of nitrogens with zero attached hydrogens (tertiary/aromatic N) is 5. The van der Waals surface area contributed by atoms with Crippen LogP contribution in [0.15, 0.2) is 45.5 Å². The number of hydrogen-bond acceptors (Lipinski definition) is 6. The minimum absolute atomic E-state index is 0.197. The summed E-state index contributed by atoms with van der Waals surface area (Å²) in [6.07, 6.45) is 6.17. The molecule has 2 rings (SSSR count). The SMILES string of the molecule is C=N/C=C(C#N)\C=C(/C)NC(=O)Cn1nc(N2CCCCC2)ccc1=O. The lowest BCUT2D eigenvalue weighted by atomic mass is 10.1. The van der Waals surface area contributed by atoms with E-state index in [2.05, 4.69) is 27.0 Å². The fraction of sp³-hybridized carbons (Fsp3) is 0.389. The number of carbonyl (C=O) groups excluding carboxylic acids is 1. The normalized spacial score (nSPS) is 15.3. The second-order valence-corrected chi connectivity index (χ2v) is 5.99. The van der Waals surface area contributed by atoms with Gasteiger partial charge in [0.1, 0.15) is 18.4 Å². The molecule has 8 nitrogen and oxygen atoms in total. The number of anilines is 1. The number of rotatable bonds is 6. The first-order chi connectivity index (χ1) is 12.5. The van der Waals surface area contributed by atoms with Gasteiger partial charge in [-0.05, 0) is 45.0 Å². The van der Waals surface area contributed by atoms with Crippen molar-refractivity contribution in [3.05, 3.63) is 46.0 Å². The second kappa shape index (κ2) is 9.32. The summed E-state index contributed by atoms with van der Waals surface area (Å²) >= 11 is 0. The first-order valence-electron chi connectivity index (χ1n) is 8.41. The maximum Gasteiger partial charge on any atom is 0.267 e. The zero-order valence-corrected chi connectivity index (χ0v) is 14.8. The summed E-state index contributed by atoms with van der Waals surface area (Å²) in [4.78, 5) is 29.8. The number of aromatic nitrogens is 2. The Bertz CT molecular complexity index is 825. The van der Waals surface area contributed by atoms with Gasteiger partial charge in [0.25, 0.3) is 5.56 Å². The Hall–Kier alpha value is -3.21. The van der Waals surface area contributed by atoms with Crippen molar-refractivity contribution < 1.29 is 4.79 Å². The number of aliphatic imine (C=N–C) groups is 1. The van der Waals surface area contributed by atoms with Crippen molar-refractivity contribution >= 4 is 18.4 Å². The summed E-state index contributed by atoms with van der Waals surface area (Å²) < 4.78 is 1.15. The second-order valence-electron chi connectivity index (χ2n) is 5.99. The Morgan fingerprint density at radius 3 is 2.81 bits per heavy atom. The molecule has 0 radical (unpaired) electrons. The first-order valence-corrected chi connectivity index (χ1v) is 8.41. The van der Waals surface area contributed by atoms with E-state index >= 15 is 0 Å². The summed E-state index contributed by atoms with van der Waals surface area (Å²) in [5, 5.41) is 15.9. The van der Waals surface area contributed by atoms with Crippen LogP contribution < -0.4 is 15.8 Å². The largest absolute Gasteiger partial charge is 0.355 e. The van der Waals surface area contributed by atoms with Crippen LogP contribution >= 0.6 is 0 Å². The molecule has 0 aliphatic carbocycles. The number of nitriles is 1. The number of amides is 1. The van der Waals surface area contributed by atoms with Crippen LogP contribution in [0, 0.1) is 11.3 Å². The molecular formula is C18H22N6O2. The molecule has 1 aromatic heterocycles. The van der Waals surface area contributed by atoms with Gasteiger partial charge in [-0.15, -0.1) is 0 Å². The summed E-state index contributed by atoms with van der Waals surface area (Å²) in [6, 6.07) is 5.06. The van der Waals surface area contributed by atoms with Crippen LogP contribution in [0.5, 0.6) is 0 Å². The molecule has 0 bridgehead atoms. The molecule has 0 saturated carbocycles. The van der Waals surface area contributed by atoms with E-state index in [9.17, 15) is 9.59 Å². The zero-order valence-electron chi connectivity index (χ0n) is 14.8. The van der Waals surface area contributed by atoms with Crippen LogP contribution in [0.4, 0.5) is 5.82 Å². The molecule has 1 aromatic rings. The van der Waals surface area contributed by atoms with Gasteiger partial charge >= 0.3 is 0 Å².